The van der Waals surface area contributed by atoms with Gasteiger partial charge in [-0.3, -0.25) is 4.72 Å². The molecular weight excluding hydrogens is 459 g/mol. The van der Waals surface area contributed by atoms with Crippen molar-refractivity contribution in [1.82, 2.24) is 4.98 Å². The Morgan fingerprint density at radius 1 is 0.935 bits per heavy atom. The molecule has 0 saturated heterocycles. The second-order valence-electron chi connectivity index (χ2n) is 7.24. The van der Waals surface area contributed by atoms with E-state index >= 15 is 0 Å². The predicted molar refractivity (Wildman–Crippen MR) is 124 cm³/mol. The Morgan fingerprint density at radius 2 is 1.61 bits per heavy atom. The number of hydrogen-bond acceptors (Lipinski definition) is 4. The van der Waals surface area contributed by atoms with Crippen LogP contribution < -0.4 is 4.72 Å². The highest BCUT2D eigenvalue weighted by molar-refractivity contribution is 7.92. The molecule has 4 rings (SSSR count). The highest BCUT2D eigenvalue weighted by atomic mass is 35.5. The van der Waals surface area contributed by atoms with Gasteiger partial charge >= 0.3 is 0 Å². The number of rotatable bonds is 4. The normalized spacial score (nSPS) is 11.7. The van der Waals surface area contributed by atoms with Gasteiger partial charge in [0.25, 0.3) is 10.0 Å². The van der Waals surface area contributed by atoms with E-state index in [-0.39, 0.29) is 43.3 Å². The number of halogens is 2. The summed E-state index contributed by atoms with van der Waals surface area (Å²) in [5.41, 5.74) is 2.70. The van der Waals surface area contributed by atoms with Crippen molar-refractivity contribution < 1.29 is 18.6 Å². The lowest BCUT2D eigenvalue weighted by Crippen LogP contribution is -2.13. The molecular formula is C22H18Cl2N2O4S. The lowest BCUT2D eigenvalue weighted by molar-refractivity contribution is 0.470. The van der Waals surface area contributed by atoms with Gasteiger partial charge < -0.3 is 15.2 Å². The number of H-pyrrole nitrogens is 1. The maximum Gasteiger partial charge on any atom is 0.261 e. The number of anilines is 1. The molecule has 0 aliphatic carbocycles. The zero-order chi connectivity index (χ0) is 22.5. The first-order chi connectivity index (χ1) is 14.6. The van der Waals surface area contributed by atoms with Crippen molar-refractivity contribution in [3.05, 3.63) is 69.8 Å². The quantitative estimate of drug-likeness (QED) is 0.272. The Bertz CT molecular complexity index is 1430. The van der Waals surface area contributed by atoms with Crippen LogP contribution in [-0.2, 0) is 10.0 Å². The molecule has 0 spiro atoms. The molecule has 0 amide bonds. The van der Waals surface area contributed by atoms with Crippen molar-refractivity contribution in [2.24, 2.45) is 0 Å². The number of sulfonamides is 1. The van der Waals surface area contributed by atoms with Gasteiger partial charge in [0.2, 0.25) is 0 Å². The molecule has 6 nitrogen and oxygen atoms in total. The molecule has 1 aromatic heterocycles. The SMILES string of the molecule is Cc1ccc(S(=O)(=O)Nc2cc(Cl)c(O)c(-c3c(O)ccc4[nH]c(C)cc34)c2Cl)cc1. The fraction of sp³-hybridized carbons (Fsp3) is 0.0909. The molecule has 3 aromatic carbocycles. The van der Waals surface area contributed by atoms with E-state index in [1.54, 1.807) is 24.3 Å². The summed E-state index contributed by atoms with van der Waals surface area (Å²) in [6, 6.07) is 12.5. The minimum Gasteiger partial charge on any atom is -0.507 e. The van der Waals surface area contributed by atoms with E-state index in [4.69, 9.17) is 23.2 Å². The largest absolute Gasteiger partial charge is 0.507 e. The summed E-state index contributed by atoms with van der Waals surface area (Å²) >= 11 is 12.8. The minimum atomic E-state index is -3.97. The van der Waals surface area contributed by atoms with Crippen LogP contribution in [-0.4, -0.2) is 23.6 Å². The fourth-order valence-electron chi connectivity index (χ4n) is 3.43. The molecule has 0 unspecified atom stereocenters. The number of aromatic amines is 1. The lowest BCUT2D eigenvalue weighted by atomic mass is 9.98. The van der Waals surface area contributed by atoms with Crippen molar-refractivity contribution in [1.29, 1.82) is 0 Å². The lowest BCUT2D eigenvalue weighted by Gasteiger charge is -2.17. The smallest absolute Gasteiger partial charge is 0.261 e. The summed E-state index contributed by atoms with van der Waals surface area (Å²) in [6.07, 6.45) is 0. The van der Waals surface area contributed by atoms with Crippen LogP contribution in [0.1, 0.15) is 11.3 Å². The van der Waals surface area contributed by atoms with Crippen LogP contribution in [0.5, 0.6) is 11.5 Å². The van der Waals surface area contributed by atoms with Gasteiger partial charge in [-0.25, -0.2) is 8.42 Å². The molecule has 31 heavy (non-hydrogen) atoms. The fourth-order valence-corrected chi connectivity index (χ4v) is 5.04. The molecule has 1 heterocycles. The van der Waals surface area contributed by atoms with Crippen LogP contribution in [0.25, 0.3) is 22.0 Å². The number of phenols is 2. The second kappa shape index (κ2) is 7.67. The zero-order valence-corrected chi connectivity index (χ0v) is 18.8. The van der Waals surface area contributed by atoms with Crippen molar-refractivity contribution in [2.45, 2.75) is 18.7 Å². The number of nitrogens with one attached hydrogen (secondary N) is 2. The Morgan fingerprint density at radius 3 is 2.29 bits per heavy atom. The van der Waals surface area contributed by atoms with E-state index in [9.17, 15) is 18.6 Å². The summed E-state index contributed by atoms with van der Waals surface area (Å²) in [6.45, 7) is 3.70. The van der Waals surface area contributed by atoms with E-state index < -0.39 is 10.0 Å². The summed E-state index contributed by atoms with van der Waals surface area (Å²) in [7, 11) is -3.97. The Balaban J connectivity index is 1.92. The van der Waals surface area contributed by atoms with E-state index in [2.05, 4.69) is 9.71 Å². The highest BCUT2D eigenvalue weighted by Gasteiger charge is 2.25. The number of benzene rings is 3. The molecule has 0 aliphatic heterocycles. The first kappa shape index (κ1) is 21.4. The van der Waals surface area contributed by atoms with Gasteiger partial charge in [-0.1, -0.05) is 40.9 Å². The van der Waals surface area contributed by atoms with Gasteiger partial charge in [0.15, 0.2) is 0 Å². The maximum atomic E-state index is 12.9. The van der Waals surface area contributed by atoms with E-state index in [1.165, 1.54) is 24.3 Å². The van der Waals surface area contributed by atoms with Gasteiger partial charge in [0.05, 0.1) is 26.2 Å². The van der Waals surface area contributed by atoms with Crippen molar-refractivity contribution in [3.8, 4) is 22.6 Å². The minimum absolute atomic E-state index is 0.0243. The average Bonchev–Trinajstić information content (AvgIpc) is 3.08. The molecule has 0 bridgehead atoms. The predicted octanol–water partition coefficient (Wildman–Crippen LogP) is 5.97. The molecule has 0 radical (unpaired) electrons. The molecule has 4 N–H and O–H groups in total. The molecule has 0 saturated carbocycles. The molecule has 0 aliphatic rings. The van der Waals surface area contributed by atoms with Crippen molar-refractivity contribution in [3.63, 3.8) is 0 Å². The summed E-state index contributed by atoms with van der Waals surface area (Å²) < 4.78 is 28.2. The summed E-state index contributed by atoms with van der Waals surface area (Å²) in [5.74, 6) is -0.509. The summed E-state index contributed by atoms with van der Waals surface area (Å²) in [4.78, 5) is 3.20. The van der Waals surface area contributed by atoms with Gasteiger partial charge in [-0.05, 0) is 50.2 Å². The third-order valence-electron chi connectivity index (χ3n) is 4.93. The van der Waals surface area contributed by atoms with Crippen LogP contribution in [0.15, 0.2) is 53.4 Å². The first-order valence-electron chi connectivity index (χ1n) is 9.20. The topological polar surface area (TPSA) is 102 Å². The number of fused-ring (bicyclic) bond motifs is 1. The monoisotopic (exact) mass is 476 g/mol. The van der Waals surface area contributed by atoms with E-state index in [0.29, 0.717) is 10.9 Å². The van der Waals surface area contributed by atoms with Crippen LogP contribution in [0.4, 0.5) is 5.69 Å². The second-order valence-corrected chi connectivity index (χ2v) is 9.70. The van der Waals surface area contributed by atoms with Gasteiger partial charge in [0, 0.05) is 22.2 Å². The van der Waals surface area contributed by atoms with Crippen molar-refractivity contribution in [2.75, 3.05) is 4.72 Å². The third-order valence-corrected chi connectivity index (χ3v) is 6.99. The number of aromatic nitrogens is 1. The molecule has 9 heteroatoms. The van der Waals surface area contributed by atoms with Crippen molar-refractivity contribution >= 4 is 49.8 Å². The molecule has 0 fully saturated rings. The Kier molecular flexibility index (Phi) is 5.29. The standard InChI is InChI=1S/C22H18Cl2N2O4S/c1-11-3-5-13(6-4-11)31(29,30)26-17-10-15(23)22(28)20(21(17)24)19-14-9-12(2)25-16(14)7-8-18(19)27/h3-10,25-28H,1-2H3. The Hall–Kier alpha value is -2.87. The van der Waals surface area contributed by atoms with Gasteiger partial charge in [-0.15, -0.1) is 0 Å². The van der Waals surface area contributed by atoms with Crippen LogP contribution in [0.3, 0.4) is 0 Å². The van der Waals surface area contributed by atoms with E-state index in [1.807, 2.05) is 13.8 Å². The number of aryl methyl sites for hydroxylation is 2. The third kappa shape index (κ3) is 3.80. The number of hydrogen-bond donors (Lipinski definition) is 4. The molecule has 4 aromatic rings. The van der Waals surface area contributed by atoms with Gasteiger partial charge in [0.1, 0.15) is 11.5 Å². The number of aromatic hydroxyl groups is 2. The number of phenolic OH excluding ortho intramolecular Hbond substituents is 2. The van der Waals surface area contributed by atoms with Crippen LogP contribution in [0.2, 0.25) is 10.0 Å². The van der Waals surface area contributed by atoms with E-state index in [0.717, 1.165) is 11.3 Å². The van der Waals surface area contributed by atoms with Crippen LogP contribution in [0, 0.1) is 13.8 Å². The zero-order valence-electron chi connectivity index (χ0n) is 16.5. The molecule has 0 atom stereocenters. The first-order valence-corrected chi connectivity index (χ1v) is 11.4. The van der Waals surface area contributed by atoms with Gasteiger partial charge in [-0.2, -0.15) is 0 Å². The maximum absolute atomic E-state index is 12.9. The molecule has 160 valence electrons. The highest BCUT2D eigenvalue weighted by Crippen LogP contribution is 2.50. The average molecular weight is 477 g/mol. The Labute approximate surface area is 189 Å². The van der Waals surface area contributed by atoms with Crippen LogP contribution >= 0.6 is 23.2 Å². The summed E-state index contributed by atoms with van der Waals surface area (Å²) in [5, 5.41) is 21.6.